The number of carboxylic acids is 1. The first-order chi connectivity index (χ1) is 7.12. The van der Waals surface area contributed by atoms with Crippen LogP contribution in [0.15, 0.2) is 24.3 Å². The van der Waals surface area contributed by atoms with Crippen LogP contribution in [0.4, 0.5) is 5.69 Å². The Hall–Kier alpha value is -1.51. The third kappa shape index (κ3) is 1.82. The summed E-state index contributed by atoms with van der Waals surface area (Å²) in [5.41, 5.74) is 1.36. The molecule has 2 N–H and O–H groups in total. The van der Waals surface area contributed by atoms with E-state index in [0.29, 0.717) is 0 Å². The zero-order chi connectivity index (χ0) is 10.9. The summed E-state index contributed by atoms with van der Waals surface area (Å²) in [5, 5.41) is 12.3. The lowest BCUT2D eigenvalue weighted by atomic mass is 9.76. The summed E-state index contributed by atoms with van der Waals surface area (Å²) in [6, 6.07) is 7.82. The second-order valence-electron chi connectivity index (χ2n) is 4.23. The number of hydrogen-bond donors (Lipinski definition) is 2. The standard InChI is InChI=1S/C12H15NO2/c1-9-3-5-10(6-4-9)13-12(11(14)15)7-2-8-12/h3-6,13H,2,7-8H2,1H3,(H,14,15). The normalized spacial score (nSPS) is 17.9. The quantitative estimate of drug-likeness (QED) is 0.796. The lowest BCUT2D eigenvalue weighted by Crippen LogP contribution is -2.52. The first-order valence-corrected chi connectivity index (χ1v) is 5.21. The summed E-state index contributed by atoms with van der Waals surface area (Å²) in [7, 11) is 0. The van der Waals surface area contributed by atoms with Crippen LogP contribution in [0.5, 0.6) is 0 Å². The van der Waals surface area contributed by atoms with Gasteiger partial charge in [0.05, 0.1) is 0 Å². The highest BCUT2D eigenvalue weighted by Gasteiger charge is 2.44. The van der Waals surface area contributed by atoms with Crippen molar-refractivity contribution in [3.8, 4) is 0 Å². The minimum atomic E-state index is -0.741. The van der Waals surface area contributed by atoms with E-state index in [1.54, 1.807) is 0 Å². The molecule has 1 fully saturated rings. The second-order valence-corrected chi connectivity index (χ2v) is 4.23. The van der Waals surface area contributed by atoms with Gasteiger partial charge < -0.3 is 10.4 Å². The number of aliphatic carboxylic acids is 1. The molecule has 0 heterocycles. The van der Waals surface area contributed by atoms with Crippen LogP contribution in [0.1, 0.15) is 24.8 Å². The average molecular weight is 205 g/mol. The molecule has 0 aromatic heterocycles. The van der Waals surface area contributed by atoms with Gasteiger partial charge in [-0.05, 0) is 38.3 Å². The fourth-order valence-corrected chi connectivity index (χ4v) is 1.84. The number of aryl methyl sites for hydroxylation is 1. The Morgan fingerprint density at radius 3 is 2.33 bits per heavy atom. The summed E-state index contributed by atoms with van der Waals surface area (Å²) in [5.74, 6) is -0.741. The van der Waals surface area contributed by atoms with Crippen molar-refractivity contribution < 1.29 is 9.90 Å². The Bertz CT molecular complexity index is 366. The largest absolute Gasteiger partial charge is 0.480 e. The highest BCUT2D eigenvalue weighted by Crippen LogP contribution is 2.35. The fourth-order valence-electron chi connectivity index (χ4n) is 1.84. The first-order valence-electron chi connectivity index (χ1n) is 5.21. The molecule has 0 unspecified atom stereocenters. The number of nitrogens with one attached hydrogen (secondary N) is 1. The summed E-state index contributed by atoms with van der Waals surface area (Å²) >= 11 is 0. The molecule has 0 amide bonds. The molecule has 80 valence electrons. The summed E-state index contributed by atoms with van der Waals surface area (Å²) in [6.07, 6.45) is 2.43. The number of hydrogen-bond acceptors (Lipinski definition) is 2. The van der Waals surface area contributed by atoms with E-state index in [-0.39, 0.29) is 0 Å². The molecule has 15 heavy (non-hydrogen) atoms. The Kier molecular flexibility index (Phi) is 2.39. The highest BCUT2D eigenvalue weighted by atomic mass is 16.4. The maximum Gasteiger partial charge on any atom is 0.329 e. The molecule has 2 rings (SSSR count). The molecule has 1 aliphatic rings. The van der Waals surface area contributed by atoms with Crippen molar-refractivity contribution in [3.63, 3.8) is 0 Å². The van der Waals surface area contributed by atoms with E-state index in [4.69, 9.17) is 5.11 Å². The van der Waals surface area contributed by atoms with Gasteiger partial charge in [-0.15, -0.1) is 0 Å². The molecule has 1 aromatic rings. The van der Waals surface area contributed by atoms with Crippen LogP contribution in [0.2, 0.25) is 0 Å². The summed E-state index contributed by atoms with van der Waals surface area (Å²) in [4.78, 5) is 11.1. The SMILES string of the molecule is Cc1ccc(NC2(C(=O)O)CCC2)cc1. The van der Waals surface area contributed by atoms with Crippen LogP contribution in [0, 0.1) is 6.92 Å². The highest BCUT2D eigenvalue weighted by molar-refractivity contribution is 5.84. The number of benzene rings is 1. The lowest BCUT2D eigenvalue weighted by molar-refractivity contribution is -0.145. The van der Waals surface area contributed by atoms with Crippen molar-refractivity contribution in [2.24, 2.45) is 0 Å². The zero-order valence-corrected chi connectivity index (χ0v) is 8.79. The van der Waals surface area contributed by atoms with E-state index >= 15 is 0 Å². The van der Waals surface area contributed by atoms with Crippen LogP contribution in [-0.2, 0) is 4.79 Å². The summed E-state index contributed by atoms with van der Waals surface area (Å²) in [6.45, 7) is 2.01. The van der Waals surface area contributed by atoms with Gasteiger partial charge in [-0.1, -0.05) is 17.7 Å². The summed E-state index contributed by atoms with van der Waals surface area (Å²) < 4.78 is 0. The minimum Gasteiger partial charge on any atom is -0.480 e. The molecule has 1 saturated carbocycles. The maximum atomic E-state index is 11.1. The smallest absolute Gasteiger partial charge is 0.329 e. The van der Waals surface area contributed by atoms with Crippen molar-refractivity contribution in [2.75, 3.05) is 5.32 Å². The van der Waals surface area contributed by atoms with Crippen molar-refractivity contribution in [1.29, 1.82) is 0 Å². The van der Waals surface area contributed by atoms with Gasteiger partial charge in [0.15, 0.2) is 0 Å². The monoisotopic (exact) mass is 205 g/mol. The molecule has 0 saturated heterocycles. The third-order valence-electron chi connectivity index (χ3n) is 3.05. The van der Waals surface area contributed by atoms with Crippen LogP contribution in [0.25, 0.3) is 0 Å². The van der Waals surface area contributed by atoms with Crippen molar-refractivity contribution in [3.05, 3.63) is 29.8 Å². The topological polar surface area (TPSA) is 49.3 Å². The molecule has 3 nitrogen and oxygen atoms in total. The first kappa shape index (κ1) is 10.0. The van der Waals surface area contributed by atoms with Gasteiger partial charge >= 0.3 is 5.97 Å². The Morgan fingerprint density at radius 1 is 1.33 bits per heavy atom. The second kappa shape index (κ2) is 3.57. The van der Waals surface area contributed by atoms with Gasteiger partial charge in [0.1, 0.15) is 5.54 Å². The molecule has 0 bridgehead atoms. The van der Waals surface area contributed by atoms with E-state index in [1.807, 2.05) is 31.2 Å². The molecule has 1 aliphatic carbocycles. The third-order valence-corrected chi connectivity index (χ3v) is 3.05. The fraction of sp³-hybridized carbons (Fsp3) is 0.417. The van der Waals surface area contributed by atoms with Crippen molar-refractivity contribution in [2.45, 2.75) is 31.7 Å². The Balaban J connectivity index is 2.13. The number of rotatable bonds is 3. The van der Waals surface area contributed by atoms with E-state index in [2.05, 4.69) is 5.32 Å². The molecule has 1 aromatic carbocycles. The van der Waals surface area contributed by atoms with Gasteiger partial charge in [0.2, 0.25) is 0 Å². The van der Waals surface area contributed by atoms with E-state index in [1.165, 1.54) is 5.56 Å². The van der Waals surface area contributed by atoms with E-state index < -0.39 is 11.5 Å². The van der Waals surface area contributed by atoms with Crippen molar-refractivity contribution >= 4 is 11.7 Å². The molecule has 0 atom stereocenters. The molecule has 0 aliphatic heterocycles. The maximum absolute atomic E-state index is 11.1. The predicted molar refractivity (Wildman–Crippen MR) is 59.0 cm³/mol. The molecule has 0 spiro atoms. The number of anilines is 1. The molecular formula is C12H15NO2. The van der Waals surface area contributed by atoms with Gasteiger partial charge in [0.25, 0.3) is 0 Å². The van der Waals surface area contributed by atoms with Crippen molar-refractivity contribution in [1.82, 2.24) is 0 Å². The van der Waals surface area contributed by atoms with Gasteiger partial charge in [-0.2, -0.15) is 0 Å². The van der Waals surface area contributed by atoms with Crippen LogP contribution in [0.3, 0.4) is 0 Å². The molecule has 0 radical (unpaired) electrons. The van der Waals surface area contributed by atoms with Gasteiger partial charge in [-0.3, -0.25) is 0 Å². The lowest BCUT2D eigenvalue weighted by Gasteiger charge is -2.39. The average Bonchev–Trinajstić information content (AvgIpc) is 2.13. The predicted octanol–water partition coefficient (Wildman–Crippen LogP) is 2.41. The number of carbonyl (C=O) groups is 1. The minimum absolute atomic E-state index is 0.713. The number of carboxylic acid groups (broad SMARTS) is 1. The van der Waals surface area contributed by atoms with Crippen LogP contribution < -0.4 is 5.32 Å². The molecular weight excluding hydrogens is 190 g/mol. The van der Waals surface area contributed by atoms with Crippen LogP contribution >= 0.6 is 0 Å². The van der Waals surface area contributed by atoms with E-state index in [0.717, 1.165) is 24.9 Å². The Morgan fingerprint density at radius 2 is 1.93 bits per heavy atom. The zero-order valence-electron chi connectivity index (χ0n) is 8.79. The van der Waals surface area contributed by atoms with Crippen LogP contribution in [-0.4, -0.2) is 16.6 Å². The molecule has 3 heteroatoms. The Labute approximate surface area is 89.1 Å². The van der Waals surface area contributed by atoms with E-state index in [9.17, 15) is 4.79 Å². The van der Waals surface area contributed by atoms with Gasteiger partial charge in [-0.25, -0.2) is 4.79 Å². The van der Waals surface area contributed by atoms with Gasteiger partial charge in [0, 0.05) is 5.69 Å².